The molecule has 1 aliphatic heterocycles. The zero-order valence-corrected chi connectivity index (χ0v) is 10.8. The zero-order chi connectivity index (χ0) is 12.1. The summed E-state index contributed by atoms with van der Waals surface area (Å²) < 4.78 is 0. The van der Waals surface area contributed by atoms with Crippen molar-refractivity contribution in [2.24, 2.45) is 0 Å². The van der Waals surface area contributed by atoms with Crippen molar-refractivity contribution in [1.29, 1.82) is 0 Å². The van der Waals surface area contributed by atoms with Crippen molar-refractivity contribution in [2.75, 3.05) is 20.1 Å². The van der Waals surface area contributed by atoms with E-state index in [0.29, 0.717) is 6.04 Å². The third kappa shape index (κ3) is 3.48. The molecule has 1 fully saturated rings. The summed E-state index contributed by atoms with van der Waals surface area (Å²) in [5.41, 5.74) is 1.14. The molecule has 1 saturated heterocycles. The Kier molecular flexibility index (Phi) is 4.45. The summed E-state index contributed by atoms with van der Waals surface area (Å²) in [5.74, 6) is 0.865. The maximum Gasteiger partial charge on any atom is 0.125 e. The Morgan fingerprint density at radius 2 is 2.35 bits per heavy atom. The first-order valence-corrected chi connectivity index (χ1v) is 6.47. The Bertz CT molecular complexity index is 351. The van der Waals surface area contributed by atoms with Gasteiger partial charge in [-0.25, -0.2) is 9.97 Å². The number of rotatable bonds is 4. The second-order valence-corrected chi connectivity index (χ2v) is 4.77. The lowest BCUT2D eigenvalue weighted by Gasteiger charge is -2.35. The van der Waals surface area contributed by atoms with Gasteiger partial charge in [0.25, 0.3) is 0 Å². The van der Waals surface area contributed by atoms with Crippen LogP contribution in [0.2, 0.25) is 0 Å². The van der Waals surface area contributed by atoms with Crippen LogP contribution in [0.1, 0.15) is 30.8 Å². The van der Waals surface area contributed by atoms with Crippen molar-refractivity contribution < 1.29 is 0 Å². The fourth-order valence-electron chi connectivity index (χ4n) is 2.54. The van der Waals surface area contributed by atoms with Crippen LogP contribution in [0.15, 0.2) is 12.3 Å². The molecule has 1 aliphatic rings. The smallest absolute Gasteiger partial charge is 0.125 e. The van der Waals surface area contributed by atoms with Crippen LogP contribution in [0.3, 0.4) is 0 Å². The lowest BCUT2D eigenvalue weighted by Crippen LogP contribution is -2.44. The minimum absolute atomic E-state index is 0.657. The Hall–Kier alpha value is -1.00. The minimum atomic E-state index is 0.657. The van der Waals surface area contributed by atoms with Crippen molar-refractivity contribution in [2.45, 2.75) is 38.8 Å². The number of aryl methyl sites for hydroxylation is 1. The Labute approximate surface area is 103 Å². The Morgan fingerprint density at radius 3 is 3.12 bits per heavy atom. The normalized spacial score (nSPS) is 21.6. The van der Waals surface area contributed by atoms with E-state index in [2.05, 4.69) is 20.2 Å². The maximum absolute atomic E-state index is 4.49. The van der Waals surface area contributed by atoms with Crippen molar-refractivity contribution in [3.63, 3.8) is 0 Å². The number of aromatic nitrogens is 2. The molecular formula is C13H22N4. The average Bonchev–Trinajstić information content (AvgIpc) is 2.32. The van der Waals surface area contributed by atoms with Crippen LogP contribution in [-0.4, -0.2) is 41.0 Å². The van der Waals surface area contributed by atoms with Crippen molar-refractivity contribution in [1.82, 2.24) is 20.2 Å². The van der Waals surface area contributed by atoms with E-state index in [9.17, 15) is 0 Å². The van der Waals surface area contributed by atoms with E-state index in [1.54, 1.807) is 0 Å². The molecular weight excluding hydrogens is 212 g/mol. The molecule has 17 heavy (non-hydrogen) atoms. The molecule has 0 aliphatic carbocycles. The van der Waals surface area contributed by atoms with Gasteiger partial charge in [-0.2, -0.15) is 0 Å². The quantitative estimate of drug-likeness (QED) is 0.854. The van der Waals surface area contributed by atoms with E-state index in [-0.39, 0.29) is 0 Å². The summed E-state index contributed by atoms with van der Waals surface area (Å²) in [7, 11) is 2.03. The molecule has 94 valence electrons. The Morgan fingerprint density at radius 1 is 1.47 bits per heavy atom. The molecule has 0 saturated carbocycles. The predicted molar refractivity (Wildman–Crippen MR) is 68.7 cm³/mol. The molecule has 2 heterocycles. The molecule has 0 bridgehead atoms. The molecule has 1 aromatic rings. The van der Waals surface area contributed by atoms with E-state index in [1.807, 2.05) is 26.2 Å². The number of likely N-dealkylation sites (N-methyl/N-ethyl adjacent to an activating group) is 1. The van der Waals surface area contributed by atoms with Gasteiger partial charge in [0.05, 0.1) is 5.69 Å². The molecule has 1 unspecified atom stereocenters. The molecule has 4 nitrogen and oxygen atoms in total. The topological polar surface area (TPSA) is 41.0 Å². The van der Waals surface area contributed by atoms with Gasteiger partial charge in [-0.05, 0) is 39.4 Å². The molecule has 0 radical (unpaired) electrons. The van der Waals surface area contributed by atoms with Gasteiger partial charge in [-0.3, -0.25) is 4.90 Å². The van der Waals surface area contributed by atoms with E-state index in [4.69, 9.17) is 0 Å². The predicted octanol–water partition coefficient (Wildman–Crippen LogP) is 1.36. The standard InChI is InChI=1S/C13H22N4/c1-11-15-7-6-12(16-11)10-17-8-4-3-5-13(17)9-14-2/h6-7,13-14H,3-5,8-10H2,1-2H3. The fraction of sp³-hybridized carbons (Fsp3) is 0.692. The van der Waals surface area contributed by atoms with E-state index >= 15 is 0 Å². The highest BCUT2D eigenvalue weighted by molar-refractivity contribution is 5.02. The fourth-order valence-corrected chi connectivity index (χ4v) is 2.54. The van der Waals surface area contributed by atoms with Gasteiger partial charge in [0.15, 0.2) is 0 Å². The number of nitrogens with zero attached hydrogens (tertiary/aromatic N) is 3. The first kappa shape index (κ1) is 12.5. The van der Waals surface area contributed by atoms with Gasteiger partial charge >= 0.3 is 0 Å². The van der Waals surface area contributed by atoms with Crippen LogP contribution in [0.5, 0.6) is 0 Å². The van der Waals surface area contributed by atoms with Gasteiger partial charge in [0.2, 0.25) is 0 Å². The van der Waals surface area contributed by atoms with Crippen LogP contribution in [0.25, 0.3) is 0 Å². The number of nitrogens with one attached hydrogen (secondary N) is 1. The zero-order valence-electron chi connectivity index (χ0n) is 10.8. The Balaban J connectivity index is 2.00. The monoisotopic (exact) mass is 234 g/mol. The molecule has 4 heteroatoms. The van der Waals surface area contributed by atoms with Crippen molar-refractivity contribution in [3.05, 3.63) is 23.8 Å². The largest absolute Gasteiger partial charge is 0.318 e. The summed E-state index contributed by atoms with van der Waals surface area (Å²) in [5, 5.41) is 3.29. The summed E-state index contributed by atoms with van der Waals surface area (Å²) in [6, 6.07) is 2.68. The van der Waals surface area contributed by atoms with Crippen LogP contribution in [-0.2, 0) is 6.54 Å². The molecule has 1 atom stereocenters. The van der Waals surface area contributed by atoms with Crippen molar-refractivity contribution in [3.8, 4) is 0 Å². The van der Waals surface area contributed by atoms with Gasteiger partial charge in [-0.1, -0.05) is 6.42 Å². The van der Waals surface area contributed by atoms with Crippen LogP contribution < -0.4 is 5.32 Å². The molecule has 2 rings (SSSR count). The van der Waals surface area contributed by atoms with Gasteiger partial charge in [-0.15, -0.1) is 0 Å². The number of piperidine rings is 1. The molecule has 0 spiro atoms. The maximum atomic E-state index is 4.49. The van der Waals surface area contributed by atoms with Crippen LogP contribution in [0, 0.1) is 6.92 Å². The SMILES string of the molecule is CNCC1CCCCN1Cc1ccnc(C)n1. The average molecular weight is 234 g/mol. The van der Waals surface area contributed by atoms with Gasteiger partial charge in [0, 0.05) is 25.3 Å². The molecule has 1 aromatic heterocycles. The first-order valence-electron chi connectivity index (χ1n) is 6.47. The third-order valence-electron chi connectivity index (χ3n) is 3.39. The van der Waals surface area contributed by atoms with E-state index < -0.39 is 0 Å². The summed E-state index contributed by atoms with van der Waals surface area (Å²) in [4.78, 5) is 11.2. The second-order valence-electron chi connectivity index (χ2n) is 4.77. The molecule has 0 amide bonds. The minimum Gasteiger partial charge on any atom is -0.318 e. The summed E-state index contributed by atoms with van der Waals surface area (Å²) in [6.45, 7) is 5.17. The number of likely N-dealkylation sites (tertiary alicyclic amines) is 1. The summed E-state index contributed by atoms with van der Waals surface area (Å²) in [6.07, 6.45) is 5.82. The highest BCUT2D eigenvalue weighted by atomic mass is 15.2. The number of hydrogen-bond donors (Lipinski definition) is 1. The third-order valence-corrected chi connectivity index (χ3v) is 3.39. The lowest BCUT2D eigenvalue weighted by molar-refractivity contribution is 0.137. The second kappa shape index (κ2) is 6.07. The van der Waals surface area contributed by atoms with Crippen LogP contribution in [0.4, 0.5) is 0 Å². The highest BCUT2D eigenvalue weighted by Crippen LogP contribution is 2.18. The van der Waals surface area contributed by atoms with Gasteiger partial charge in [0.1, 0.15) is 5.82 Å². The molecule has 0 aromatic carbocycles. The van der Waals surface area contributed by atoms with Crippen molar-refractivity contribution >= 4 is 0 Å². The van der Waals surface area contributed by atoms with E-state index in [0.717, 1.165) is 24.6 Å². The highest BCUT2D eigenvalue weighted by Gasteiger charge is 2.21. The van der Waals surface area contributed by atoms with Crippen LogP contribution >= 0.6 is 0 Å². The first-order chi connectivity index (χ1) is 8.29. The lowest BCUT2D eigenvalue weighted by atomic mass is 10.0. The van der Waals surface area contributed by atoms with Gasteiger partial charge < -0.3 is 5.32 Å². The van der Waals surface area contributed by atoms with E-state index in [1.165, 1.54) is 25.8 Å². The molecule has 1 N–H and O–H groups in total. The summed E-state index contributed by atoms with van der Waals surface area (Å²) >= 11 is 0. The number of hydrogen-bond acceptors (Lipinski definition) is 4.